The van der Waals surface area contributed by atoms with Gasteiger partial charge in [-0.1, -0.05) is 19.8 Å². The van der Waals surface area contributed by atoms with Gasteiger partial charge in [-0.25, -0.2) is 13.6 Å². The summed E-state index contributed by atoms with van der Waals surface area (Å²) in [6.45, 7) is 2.62. The van der Waals surface area contributed by atoms with E-state index in [4.69, 9.17) is 5.14 Å². The molecule has 19 heavy (non-hydrogen) atoms. The van der Waals surface area contributed by atoms with Crippen LogP contribution in [0.15, 0.2) is 16.3 Å². The van der Waals surface area contributed by atoms with Gasteiger partial charge in [0, 0.05) is 17.8 Å². The van der Waals surface area contributed by atoms with Crippen molar-refractivity contribution in [1.82, 2.24) is 5.32 Å². The molecular formula is C12H20N2O3S2. The summed E-state index contributed by atoms with van der Waals surface area (Å²) in [5.74, 6) is 0.0525. The second-order valence-electron chi connectivity index (χ2n) is 4.32. The van der Waals surface area contributed by atoms with E-state index in [1.54, 1.807) is 6.07 Å². The summed E-state index contributed by atoms with van der Waals surface area (Å²) in [6.07, 6.45) is 4.26. The van der Waals surface area contributed by atoms with E-state index >= 15 is 0 Å². The number of unbranched alkanes of at least 4 members (excludes halogenated alkanes) is 2. The van der Waals surface area contributed by atoms with Crippen LogP contribution in [0.3, 0.4) is 0 Å². The summed E-state index contributed by atoms with van der Waals surface area (Å²) in [6, 6.07) is 3.23. The lowest BCUT2D eigenvalue weighted by Gasteiger charge is -2.03. The zero-order valence-electron chi connectivity index (χ0n) is 11.0. The number of thiophene rings is 1. The third-order valence-corrected chi connectivity index (χ3v) is 5.20. The van der Waals surface area contributed by atoms with E-state index in [0.717, 1.165) is 35.5 Å². The number of hydrogen-bond donors (Lipinski definition) is 2. The Balaban J connectivity index is 2.30. The van der Waals surface area contributed by atoms with Gasteiger partial charge in [0.05, 0.1) is 0 Å². The number of primary sulfonamides is 1. The molecule has 1 heterocycles. The van der Waals surface area contributed by atoms with Gasteiger partial charge in [0.2, 0.25) is 15.9 Å². The van der Waals surface area contributed by atoms with Crippen molar-refractivity contribution < 1.29 is 13.2 Å². The quantitative estimate of drug-likeness (QED) is 0.715. The highest BCUT2D eigenvalue weighted by atomic mass is 32.2. The number of amides is 1. The zero-order chi connectivity index (χ0) is 14.3. The smallest absolute Gasteiger partial charge is 0.247 e. The third-order valence-electron chi connectivity index (χ3n) is 2.62. The molecule has 0 fully saturated rings. The van der Waals surface area contributed by atoms with Crippen LogP contribution in [-0.2, 0) is 21.2 Å². The third kappa shape index (κ3) is 6.17. The number of carbonyl (C=O) groups is 1. The van der Waals surface area contributed by atoms with Gasteiger partial charge in [-0.2, -0.15) is 0 Å². The lowest BCUT2D eigenvalue weighted by Crippen LogP contribution is -2.25. The zero-order valence-corrected chi connectivity index (χ0v) is 12.6. The number of carbonyl (C=O) groups excluding carboxylic acids is 1. The highest BCUT2D eigenvalue weighted by Gasteiger charge is 2.11. The Kier molecular flexibility index (Phi) is 6.47. The number of nitrogens with one attached hydrogen (secondary N) is 1. The van der Waals surface area contributed by atoms with Crippen LogP contribution in [0, 0.1) is 0 Å². The minimum absolute atomic E-state index is 0.0525. The standard InChI is InChI=1S/C12H20N2O3S2/c1-2-3-4-5-11(15)14-9-8-10-6-7-12(18-10)19(13,16)17/h6-7H,2-5,8-9H2,1H3,(H,14,15)(H2,13,16,17). The van der Waals surface area contributed by atoms with Crippen molar-refractivity contribution >= 4 is 27.3 Å². The van der Waals surface area contributed by atoms with E-state index in [1.807, 2.05) is 0 Å². The maximum atomic E-state index is 11.4. The summed E-state index contributed by atoms with van der Waals surface area (Å²) >= 11 is 1.15. The topological polar surface area (TPSA) is 89.3 Å². The lowest BCUT2D eigenvalue weighted by molar-refractivity contribution is -0.121. The van der Waals surface area contributed by atoms with E-state index in [9.17, 15) is 13.2 Å². The summed E-state index contributed by atoms with van der Waals surface area (Å²) < 4.78 is 22.4. The van der Waals surface area contributed by atoms with E-state index in [0.29, 0.717) is 19.4 Å². The molecule has 0 unspecified atom stereocenters. The molecule has 7 heteroatoms. The van der Waals surface area contributed by atoms with Gasteiger partial charge in [0.15, 0.2) is 0 Å². The first-order valence-corrected chi connectivity index (χ1v) is 8.68. The van der Waals surface area contributed by atoms with Crippen LogP contribution in [0.4, 0.5) is 0 Å². The molecule has 1 aromatic rings. The molecule has 5 nitrogen and oxygen atoms in total. The average molecular weight is 304 g/mol. The van der Waals surface area contributed by atoms with Crippen molar-refractivity contribution in [1.29, 1.82) is 0 Å². The second kappa shape index (κ2) is 7.62. The molecule has 0 bridgehead atoms. The maximum Gasteiger partial charge on any atom is 0.247 e. The molecule has 108 valence electrons. The SMILES string of the molecule is CCCCCC(=O)NCCc1ccc(S(N)(=O)=O)s1. The van der Waals surface area contributed by atoms with Gasteiger partial charge in [-0.05, 0) is 25.0 Å². The molecule has 1 amide bonds. The predicted octanol–water partition coefficient (Wildman–Crippen LogP) is 1.63. The van der Waals surface area contributed by atoms with E-state index < -0.39 is 10.0 Å². The average Bonchev–Trinajstić information content (AvgIpc) is 2.78. The lowest BCUT2D eigenvalue weighted by atomic mass is 10.2. The molecule has 0 radical (unpaired) electrons. The van der Waals surface area contributed by atoms with E-state index in [-0.39, 0.29) is 10.1 Å². The van der Waals surface area contributed by atoms with Crippen LogP contribution in [0.5, 0.6) is 0 Å². The first-order valence-electron chi connectivity index (χ1n) is 6.31. The number of hydrogen-bond acceptors (Lipinski definition) is 4. The Labute approximate surface area is 118 Å². The summed E-state index contributed by atoms with van der Waals surface area (Å²) in [5, 5.41) is 7.85. The van der Waals surface area contributed by atoms with E-state index in [2.05, 4.69) is 12.2 Å². The highest BCUT2D eigenvalue weighted by Crippen LogP contribution is 2.20. The molecule has 1 aromatic heterocycles. The Bertz CT molecular complexity index is 509. The number of nitrogens with two attached hydrogens (primary N) is 1. The Morgan fingerprint density at radius 2 is 2.11 bits per heavy atom. The molecule has 0 spiro atoms. The molecule has 0 aliphatic rings. The van der Waals surface area contributed by atoms with Crippen molar-refractivity contribution in [3.63, 3.8) is 0 Å². The highest BCUT2D eigenvalue weighted by molar-refractivity contribution is 7.91. The van der Waals surface area contributed by atoms with Crippen molar-refractivity contribution in [3.05, 3.63) is 17.0 Å². The fourth-order valence-corrected chi connectivity index (χ4v) is 3.37. The van der Waals surface area contributed by atoms with Gasteiger partial charge in [-0.3, -0.25) is 4.79 Å². The van der Waals surface area contributed by atoms with Crippen molar-refractivity contribution in [2.45, 2.75) is 43.2 Å². The first-order chi connectivity index (χ1) is 8.93. The van der Waals surface area contributed by atoms with Crippen molar-refractivity contribution in [3.8, 4) is 0 Å². The van der Waals surface area contributed by atoms with Crippen LogP contribution in [0.25, 0.3) is 0 Å². The summed E-state index contributed by atoms with van der Waals surface area (Å²) in [7, 11) is -3.61. The van der Waals surface area contributed by atoms with Gasteiger partial charge in [-0.15, -0.1) is 11.3 Å². The van der Waals surface area contributed by atoms with Gasteiger partial charge >= 0.3 is 0 Å². The first kappa shape index (κ1) is 16.1. The van der Waals surface area contributed by atoms with Gasteiger partial charge < -0.3 is 5.32 Å². The maximum absolute atomic E-state index is 11.4. The van der Waals surface area contributed by atoms with Gasteiger partial charge in [0.25, 0.3) is 0 Å². The fourth-order valence-electron chi connectivity index (χ4n) is 1.59. The van der Waals surface area contributed by atoms with Gasteiger partial charge in [0.1, 0.15) is 4.21 Å². The minimum atomic E-state index is -3.61. The molecule has 0 atom stereocenters. The largest absolute Gasteiger partial charge is 0.356 e. The van der Waals surface area contributed by atoms with E-state index in [1.165, 1.54) is 6.07 Å². The van der Waals surface area contributed by atoms with Crippen molar-refractivity contribution in [2.24, 2.45) is 5.14 Å². The van der Waals surface area contributed by atoms with Crippen LogP contribution in [0.1, 0.15) is 37.5 Å². The van der Waals surface area contributed by atoms with Crippen LogP contribution >= 0.6 is 11.3 Å². The molecule has 0 aliphatic carbocycles. The van der Waals surface area contributed by atoms with Crippen LogP contribution in [0.2, 0.25) is 0 Å². The number of sulfonamides is 1. The van der Waals surface area contributed by atoms with Crippen molar-refractivity contribution in [2.75, 3.05) is 6.54 Å². The molecular weight excluding hydrogens is 284 g/mol. The second-order valence-corrected chi connectivity index (χ2v) is 7.28. The van der Waals surface area contributed by atoms with Crippen LogP contribution in [-0.4, -0.2) is 20.9 Å². The summed E-state index contributed by atoms with van der Waals surface area (Å²) in [5.41, 5.74) is 0. The molecule has 0 saturated carbocycles. The Morgan fingerprint density at radius 3 is 2.68 bits per heavy atom. The normalized spacial score (nSPS) is 11.5. The number of rotatable bonds is 8. The molecule has 3 N–H and O–H groups in total. The molecule has 0 saturated heterocycles. The molecule has 0 aromatic carbocycles. The Morgan fingerprint density at radius 1 is 1.37 bits per heavy atom. The monoisotopic (exact) mass is 304 g/mol. The predicted molar refractivity (Wildman–Crippen MR) is 76.5 cm³/mol. The molecule has 0 aliphatic heterocycles. The Hall–Kier alpha value is -0.920. The fraction of sp³-hybridized carbons (Fsp3) is 0.583. The van der Waals surface area contributed by atoms with Crippen LogP contribution < -0.4 is 10.5 Å². The minimum Gasteiger partial charge on any atom is -0.356 e. The molecule has 1 rings (SSSR count). The summed E-state index contributed by atoms with van der Waals surface area (Å²) in [4.78, 5) is 12.3.